The molecule has 1 amide bonds. The van der Waals surface area contributed by atoms with Crippen molar-refractivity contribution in [2.24, 2.45) is 0 Å². The second-order valence-corrected chi connectivity index (χ2v) is 5.62. The van der Waals surface area contributed by atoms with Gasteiger partial charge < -0.3 is 19.3 Å². The smallest absolute Gasteiger partial charge is 0.258 e. The molecule has 0 aliphatic heterocycles. The van der Waals surface area contributed by atoms with Gasteiger partial charge in [-0.3, -0.25) is 4.79 Å². The van der Waals surface area contributed by atoms with E-state index in [-0.39, 0.29) is 19.1 Å². The largest absolute Gasteiger partial charge is 0.497 e. The molecule has 3 aromatic rings. The molecule has 0 radical (unpaired) electrons. The Bertz CT molecular complexity index is 875. The summed E-state index contributed by atoms with van der Waals surface area (Å²) in [5.41, 5.74) is 1.98. The average molecular weight is 353 g/mol. The zero-order chi connectivity index (χ0) is 18.4. The van der Waals surface area contributed by atoms with Gasteiger partial charge in [-0.15, -0.1) is 0 Å². The first-order valence-electron chi connectivity index (χ1n) is 8.07. The third-order valence-electron chi connectivity index (χ3n) is 3.61. The first-order valence-corrected chi connectivity index (χ1v) is 8.07. The predicted molar refractivity (Wildman–Crippen MR) is 94.8 cm³/mol. The van der Waals surface area contributed by atoms with E-state index in [1.807, 2.05) is 31.2 Å². The third kappa shape index (κ3) is 4.60. The SMILES string of the molecule is COc1ccc(OCC(=O)NCc2nc(-c3cccc(C)c3)no2)cc1. The van der Waals surface area contributed by atoms with Gasteiger partial charge in [0, 0.05) is 5.56 Å². The molecule has 0 unspecified atom stereocenters. The van der Waals surface area contributed by atoms with Crippen molar-refractivity contribution in [1.29, 1.82) is 0 Å². The number of nitrogens with one attached hydrogen (secondary N) is 1. The number of rotatable bonds is 7. The summed E-state index contributed by atoms with van der Waals surface area (Å²) in [4.78, 5) is 16.2. The number of methoxy groups -OCH3 is 1. The molecular weight excluding hydrogens is 334 g/mol. The molecule has 0 aliphatic carbocycles. The van der Waals surface area contributed by atoms with Crippen LogP contribution in [0.4, 0.5) is 0 Å². The van der Waals surface area contributed by atoms with Crippen molar-refractivity contribution in [2.45, 2.75) is 13.5 Å². The fourth-order valence-corrected chi connectivity index (χ4v) is 2.27. The van der Waals surface area contributed by atoms with Gasteiger partial charge in [0.05, 0.1) is 13.7 Å². The van der Waals surface area contributed by atoms with Crippen molar-refractivity contribution >= 4 is 5.91 Å². The highest BCUT2D eigenvalue weighted by molar-refractivity contribution is 5.77. The summed E-state index contributed by atoms with van der Waals surface area (Å²) in [6, 6.07) is 14.8. The topological polar surface area (TPSA) is 86.5 Å². The lowest BCUT2D eigenvalue weighted by Gasteiger charge is -2.06. The fourth-order valence-electron chi connectivity index (χ4n) is 2.27. The molecule has 1 heterocycles. The van der Waals surface area contributed by atoms with E-state index in [0.29, 0.717) is 17.5 Å². The average Bonchev–Trinajstić information content (AvgIpc) is 3.14. The lowest BCUT2D eigenvalue weighted by Crippen LogP contribution is -2.28. The number of carbonyl (C=O) groups excluding carboxylic acids is 1. The van der Waals surface area contributed by atoms with E-state index in [1.165, 1.54) is 0 Å². The maximum atomic E-state index is 11.9. The van der Waals surface area contributed by atoms with Crippen LogP contribution in [-0.4, -0.2) is 29.8 Å². The Hall–Kier alpha value is -3.35. The number of aromatic nitrogens is 2. The molecule has 0 saturated heterocycles. The minimum atomic E-state index is -0.281. The molecule has 0 bridgehead atoms. The highest BCUT2D eigenvalue weighted by atomic mass is 16.5. The fraction of sp³-hybridized carbons (Fsp3) is 0.211. The summed E-state index contributed by atoms with van der Waals surface area (Å²) in [5, 5.41) is 6.62. The molecule has 0 aliphatic rings. The van der Waals surface area contributed by atoms with Crippen LogP contribution in [-0.2, 0) is 11.3 Å². The zero-order valence-electron chi connectivity index (χ0n) is 14.6. The van der Waals surface area contributed by atoms with E-state index in [1.54, 1.807) is 31.4 Å². The van der Waals surface area contributed by atoms with Crippen LogP contribution in [0.2, 0.25) is 0 Å². The van der Waals surface area contributed by atoms with Crippen LogP contribution >= 0.6 is 0 Å². The Morgan fingerprint density at radius 2 is 1.92 bits per heavy atom. The number of aryl methyl sites for hydroxylation is 1. The maximum Gasteiger partial charge on any atom is 0.258 e. The van der Waals surface area contributed by atoms with Crippen molar-refractivity contribution in [3.8, 4) is 22.9 Å². The summed E-state index contributed by atoms with van der Waals surface area (Å²) in [6.45, 7) is 2.03. The Kier molecular flexibility index (Phi) is 5.48. The molecule has 1 aromatic heterocycles. The third-order valence-corrected chi connectivity index (χ3v) is 3.61. The summed E-state index contributed by atoms with van der Waals surface area (Å²) < 4.78 is 15.6. The molecule has 2 aromatic carbocycles. The number of amides is 1. The van der Waals surface area contributed by atoms with E-state index in [2.05, 4.69) is 15.5 Å². The van der Waals surface area contributed by atoms with Crippen molar-refractivity contribution < 1.29 is 18.8 Å². The van der Waals surface area contributed by atoms with Crippen LogP contribution in [0.15, 0.2) is 53.1 Å². The standard InChI is InChI=1S/C19H19N3O4/c1-13-4-3-5-14(10-13)19-21-18(26-22-19)11-20-17(23)12-25-16-8-6-15(24-2)7-9-16/h3-10H,11-12H2,1-2H3,(H,20,23). The van der Waals surface area contributed by atoms with Crippen molar-refractivity contribution in [3.05, 3.63) is 60.0 Å². The van der Waals surface area contributed by atoms with Gasteiger partial charge in [0.2, 0.25) is 11.7 Å². The first kappa shape index (κ1) is 17.5. The summed E-state index contributed by atoms with van der Waals surface area (Å²) in [7, 11) is 1.59. The van der Waals surface area contributed by atoms with Crippen LogP contribution in [0.3, 0.4) is 0 Å². The van der Waals surface area contributed by atoms with E-state index >= 15 is 0 Å². The molecule has 1 N–H and O–H groups in total. The number of hydrogen-bond acceptors (Lipinski definition) is 6. The molecule has 0 atom stereocenters. The van der Waals surface area contributed by atoms with Gasteiger partial charge in [-0.25, -0.2) is 0 Å². The van der Waals surface area contributed by atoms with Gasteiger partial charge in [-0.2, -0.15) is 4.98 Å². The van der Waals surface area contributed by atoms with Gasteiger partial charge in [0.15, 0.2) is 6.61 Å². The quantitative estimate of drug-likeness (QED) is 0.703. The summed E-state index contributed by atoms with van der Waals surface area (Å²) in [6.07, 6.45) is 0. The number of ether oxygens (including phenoxy) is 2. The summed E-state index contributed by atoms with van der Waals surface area (Å²) in [5.74, 6) is 1.85. The van der Waals surface area contributed by atoms with Crippen molar-refractivity contribution in [2.75, 3.05) is 13.7 Å². The monoisotopic (exact) mass is 353 g/mol. The Morgan fingerprint density at radius 1 is 1.15 bits per heavy atom. The number of hydrogen-bond donors (Lipinski definition) is 1. The van der Waals surface area contributed by atoms with Crippen LogP contribution in [0.25, 0.3) is 11.4 Å². The van der Waals surface area contributed by atoms with Crippen LogP contribution in [0, 0.1) is 6.92 Å². The van der Waals surface area contributed by atoms with Gasteiger partial charge in [0.1, 0.15) is 11.5 Å². The Morgan fingerprint density at radius 3 is 2.65 bits per heavy atom. The van der Waals surface area contributed by atoms with Crippen LogP contribution in [0.5, 0.6) is 11.5 Å². The molecule has 0 spiro atoms. The second kappa shape index (κ2) is 8.15. The number of benzene rings is 2. The van der Waals surface area contributed by atoms with Gasteiger partial charge in [0.25, 0.3) is 5.91 Å². The van der Waals surface area contributed by atoms with Gasteiger partial charge >= 0.3 is 0 Å². The Labute approximate surface area is 150 Å². The van der Waals surface area contributed by atoms with E-state index in [0.717, 1.165) is 16.9 Å². The normalized spacial score (nSPS) is 10.4. The minimum absolute atomic E-state index is 0.106. The molecule has 7 nitrogen and oxygen atoms in total. The van der Waals surface area contributed by atoms with Gasteiger partial charge in [-0.1, -0.05) is 28.9 Å². The molecular formula is C19H19N3O4. The first-order chi connectivity index (χ1) is 12.6. The number of carbonyl (C=O) groups is 1. The van der Waals surface area contributed by atoms with Crippen LogP contribution in [0.1, 0.15) is 11.5 Å². The predicted octanol–water partition coefficient (Wildman–Crippen LogP) is 2.75. The minimum Gasteiger partial charge on any atom is -0.497 e. The molecule has 134 valence electrons. The van der Waals surface area contributed by atoms with Crippen molar-refractivity contribution in [3.63, 3.8) is 0 Å². The molecule has 0 saturated carbocycles. The summed E-state index contributed by atoms with van der Waals surface area (Å²) >= 11 is 0. The Balaban J connectivity index is 1.48. The van der Waals surface area contributed by atoms with E-state index < -0.39 is 0 Å². The molecule has 26 heavy (non-hydrogen) atoms. The van der Waals surface area contributed by atoms with Gasteiger partial charge in [-0.05, 0) is 37.3 Å². The molecule has 0 fully saturated rings. The molecule has 7 heteroatoms. The second-order valence-electron chi connectivity index (χ2n) is 5.62. The molecule has 3 rings (SSSR count). The van der Waals surface area contributed by atoms with Crippen molar-refractivity contribution in [1.82, 2.24) is 15.5 Å². The zero-order valence-corrected chi connectivity index (χ0v) is 14.6. The van der Waals surface area contributed by atoms with E-state index in [9.17, 15) is 4.79 Å². The number of nitrogens with zero attached hydrogens (tertiary/aromatic N) is 2. The van der Waals surface area contributed by atoms with E-state index in [4.69, 9.17) is 14.0 Å². The highest BCUT2D eigenvalue weighted by Crippen LogP contribution is 2.17. The maximum absolute atomic E-state index is 11.9. The lowest BCUT2D eigenvalue weighted by molar-refractivity contribution is -0.123. The van der Waals surface area contributed by atoms with Crippen LogP contribution < -0.4 is 14.8 Å². The highest BCUT2D eigenvalue weighted by Gasteiger charge is 2.10. The lowest BCUT2D eigenvalue weighted by atomic mass is 10.1.